The molecule has 2 N–H and O–H groups in total. The van der Waals surface area contributed by atoms with Crippen LogP contribution in [-0.4, -0.2) is 66.1 Å². The third kappa shape index (κ3) is 9.11. The first-order chi connectivity index (χ1) is 13.3. The Morgan fingerprint density at radius 3 is 2.67 bits per heavy atom. The molecule has 1 unspecified atom stereocenters. The van der Waals surface area contributed by atoms with Crippen molar-refractivity contribution in [2.75, 3.05) is 65.1 Å². The van der Waals surface area contributed by atoms with Crippen molar-refractivity contribution < 1.29 is 9.47 Å². The number of aliphatic imine (C=N–C) groups is 1. The van der Waals surface area contributed by atoms with Gasteiger partial charge < -0.3 is 25.0 Å². The molecule has 0 amide bonds. The van der Waals surface area contributed by atoms with Gasteiger partial charge in [0.2, 0.25) is 0 Å². The van der Waals surface area contributed by atoms with E-state index in [-0.39, 0.29) is 0 Å². The van der Waals surface area contributed by atoms with E-state index < -0.39 is 0 Å². The smallest absolute Gasteiger partial charge is 0.190 e. The molecule has 0 saturated carbocycles. The Morgan fingerprint density at radius 2 is 1.96 bits per heavy atom. The van der Waals surface area contributed by atoms with Crippen molar-refractivity contribution in [3.63, 3.8) is 0 Å². The lowest BCUT2D eigenvalue weighted by atomic mass is 10.1. The van der Waals surface area contributed by atoms with Crippen molar-refractivity contribution in [2.24, 2.45) is 10.9 Å². The summed E-state index contributed by atoms with van der Waals surface area (Å²) >= 11 is 0. The van der Waals surface area contributed by atoms with Crippen LogP contribution < -0.4 is 15.5 Å². The molecule has 0 aliphatic carbocycles. The highest BCUT2D eigenvalue weighted by atomic mass is 16.5. The zero-order chi connectivity index (χ0) is 19.2. The van der Waals surface area contributed by atoms with Gasteiger partial charge in [-0.3, -0.25) is 4.99 Å². The average molecular weight is 377 g/mol. The van der Waals surface area contributed by atoms with Crippen molar-refractivity contribution in [1.82, 2.24) is 10.6 Å². The molecule has 6 heteroatoms. The van der Waals surface area contributed by atoms with Crippen molar-refractivity contribution >= 4 is 11.6 Å². The average Bonchev–Trinajstić information content (AvgIpc) is 3.22. The standard InChI is InChI=1S/C21H36N4O2/c1-22-21(24-13-8-15-26-17-19-11-16-27-18-19)23-12-6-7-14-25(2)20-9-4-3-5-10-20/h3-5,9-10,19H,6-8,11-18H2,1-2H3,(H2,22,23,24). The molecule has 0 spiro atoms. The van der Waals surface area contributed by atoms with Crippen molar-refractivity contribution in [3.8, 4) is 0 Å². The van der Waals surface area contributed by atoms with Gasteiger partial charge in [0, 0.05) is 58.5 Å². The molecule has 1 aromatic carbocycles. The first-order valence-corrected chi connectivity index (χ1v) is 10.2. The van der Waals surface area contributed by atoms with Crippen molar-refractivity contribution in [3.05, 3.63) is 30.3 Å². The second kappa shape index (κ2) is 13.4. The van der Waals surface area contributed by atoms with Gasteiger partial charge in [-0.15, -0.1) is 0 Å². The molecule has 1 atom stereocenters. The number of benzene rings is 1. The molecule has 0 bridgehead atoms. The number of ether oxygens (including phenoxy) is 2. The van der Waals surface area contributed by atoms with Crippen LogP contribution in [0.25, 0.3) is 0 Å². The van der Waals surface area contributed by atoms with Crippen LogP contribution in [0.3, 0.4) is 0 Å². The number of rotatable bonds is 12. The first kappa shape index (κ1) is 21.5. The van der Waals surface area contributed by atoms with E-state index in [1.165, 1.54) is 5.69 Å². The minimum Gasteiger partial charge on any atom is -0.381 e. The van der Waals surface area contributed by atoms with E-state index in [4.69, 9.17) is 9.47 Å². The van der Waals surface area contributed by atoms with E-state index >= 15 is 0 Å². The SMILES string of the molecule is CN=C(NCCCCN(C)c1ccccc1)NCCCOCC1CCOC1. The molecule has 6 nitrogen and oxygen atoms in total. The Hall–Kier alpha value is -1.79. The number of hydrogen-bond donors (Lipinski definition) is 2. The molecule has 1 fully saturated rings. The number of para-hydroxylation sites is 1. The van der Waals surface area contributed by atoms with Gasteiger partial charge in [0.1, 0.15) is 0 Å². The lowest BCUT2D eigenvalue weighted by Gasteiger charge is -2.19. The summed E-state index contributed by atoms with van der Waals surface area (Å²) < 4.78 is 11.1. The maximum Gasteiger partial charge on any atom is 0.190 e. The highest BCUT2D eigenvalue weighted by molar-refractivity contribution is 5.79. The normalized spacial score (nSPS) is 17.1. The number of nitrogens with one attached hydrogen (secondary N) is 2. The van der Waals surface area contributed by atoms with Gasteiger partial charge in [0.15, 0.2) is 5.96 Å². The summed E-state index contributed by atoms with van der Waals surface area (Å²) in [5.41, 5.74) is 1.27. The maximum atomic E-state index is 5.72. The van der Waals surface area contributed by atoms with Crippen LogP contribution in [0, 0.1) is 5.92 Å². The van der Waals surface area contributed by atoms with E-state index in [0.29, 0.717) is 5.92 Å². The van der Waals surface area contributed by atoms with Gasteiger partial charge in [-0.1, -0.05) is 18.2 Å². The number of unbranched alkanes of at least 4 members (excludes halogenated alkanes) is 1. The van der Waals surface area contributed by atoms with Gasteiger partial charge in [-0.25, -0.2) is 0 Å². The summed E-state index contributed by atoms with van der Waals surface area (Å²) in [4.78, 5) is 6.57. The van der Waals surface area contributed by atoms with Crippen molar-refractivity contribution in [2.45, 2.75) is 25.7 Å². The Labute approximate surface area is 164 Å². The van der Waals surface area contributed by atoms with Gasteiger partial charge >= 0.3 is 0 Å². The quantitative estimate of drug-likeness (QED) is 0.333. The molecule has 1 saturated heterocycles. The van der Waals surface area contributed by atoms with E-state index in [2.05, 4.69) is 57.9 Å². The largest absolute Gasteiger partial charge is 0.381 e. The summed E-state index contributed by atoms with van der Waals surface area (Å²) in [6.07, 6.45) is 4.38. The van der Waals surface area contributed by atoms with Gasteiger partial charge in [-0.05, 0) is 37.8 Å². The zero-order valence-corrected chi connectivity index (χ0v) is 17.0. The summed E-state index contributed by atoms with van der Waals surface area (Å²) in [5, 5.41) is 6.73. The van der Waals surface area contributed by atoms with Crippen molar-refractivity contribution in [1.29, 1.82) is 0 Å². The minimum absolute atomic E-state index is 0.591. The third-order valence-corrected chi connectivity index (χ3v) is 4.77. The topological polar surface area (TPSA) is 58.1 Å². The number of nitrogens with zero attached hydrogens (tertiary/aromatic N) is 2. The fourth-order valence-electron chi connectivity index (χ4n) is 3.06. The molecule has 1 aliphatic heterocycles. The lowest BCUT2D eigenvalue weighted by molar-refractivity contribution is 0.0888. The van der Waals surface area contributed by atoms with E-state index in [0.717, 1.165) is 77.7 Å². The zero-order valence-electron chi connectivity index (χ0n) is 17.0. The Balaban J connectivity index is 1.44. The van der Waals surface area contributed by atoms with Crippen LogP contribution >= 0.6 is 0 Å². The van der Waals surface area contributed by atoms with Crippen LogP contribution in [0.15, 0.2) is 35.3 Å². The second-order valence-corrected chi connectivity index (χ2v) is 7.05. The van der Waals surface area contributed by atoms with Gasteiger partial charge in [0.25, 0.3) is 0 Å². The fourth-order valence-corrected chi connectivity index (χ4v) is 3.06. The monoisotopic (exact) mass is 376 g/mol. The molecule has 0 aromatic heterocycles. The maximum absolute atomic E-state index is 5.72. The fraction of sp³-hybridized carbons (Fsp3) is 0.667. The molecular formula is C21H36N4O2. The van der Waals surface area contributed by atoms with Crippen LogP contribution in [0.5, 0.6) is 0 Å². The molecule has 152 valence electrons. The third-order valence-electron chi connectivity index (χ3n) is 4.77. The summed E-state index contributed by atoms with van der Waals surface area (Å²) in [5.74, 6) is 1.46. The lowest BCUT2D eigenvalue weighted by Crippen LogP contribution is -2.38. The van der Waals surface area contributed by atoms with E-state index in [1.807, 2.05) is 7.05 Å². The molecule has 1 heterocycles. The van der Waals surface area contributed by atoms with E-state index in [1.54, 1.807) is 0 Å². The molecule has 2 rings (SSSR count). The number of hydrogen-bond acceptors (Lipinski definition) is 4. The molecule has 27 heavy (non-hydrogen) atoms. The molecule has 0 radical (unpaired) electrons. The van der Waals surface area contributed by atoms with E-state index in [9.17, 15) is 0 Å². The highest BCUT2D eigenvalue weighted by Gasteiger charge is 2.15. The summed E-state index contributed by atoms with van der Waals surface area (Å²) in [6, 6.07) is 10.5. The first-order valence-electron chi connectivity index (χ1n) is 10.2. The second-order valence-electron chi connectivity index (χ2n) is 7.05. The highest BCUT2D eigenvalue weighted by Crippen LogP contribution is 2.12. The van der Waals surface area contributed by atoms with Crippen LogP contribution in [0.4, 0.5) is 5.69 Å². The van der Waals surface area contributed by atoms with Crippen LogP contribution in [0.1, 0.15) is 25.7 Å². The number of guanidine groups is 1. The molecule has 1 aliphatic rings. The predicted octanol–water partition coefficient (Wildman–Crippen LogP) is 2.51. The Kier molecular flexibility index (Phi) is 10.7. The minimum atomic E-state index is 0.591. The summed E-state index contributed by atoms with van der Waals surface area (Å²) in [7, 11) is 3.96. The van der Waals surface area contributed by atoms with Crippen LogP contribution in [-0.2, 0) is 9.47 Å². The summed E-state index contributed by atoms with van der Waals surface area (Å²) in [6.45, 7) is 6.21. The predicted molar refractivity (Wildman–Crippen MR) is 113 cm³/mol. The Morgan fingerprint density at radius 1 is 1.19 bits per heavy atom. The number of anilines is 1. The van der Waals surface area contributed by atoms with Crippen LogP contribution in [0.2, 0.25) is 0 Å². The molecular weight excluding hydrogens is 340 g/mol. The molecule has 1 aromatic rings. The van der Waals surface area contributed by atoms with Gasteiger partial charge in [0.05, 0.1) is 13.2 Å². The Bertz CT molecular complexity index is 518. The van der Waals surface area contributed by atoms with Gasteiger partial charge in [-0.2, -0.15) is 0 Å².